The quantitative estimate of drug-likeness (QED) is 0.797. The molecule has 1 N–H and O–H groups in total. The van der Waals surface area contributed by atoms with Crippen LogP contribution in [-0.2, 0) is 6.42 Å². The van der Waals surface area contributed by atoms with E-state index in [1.165, 1.54) is 5.56 Å². The van der Waals surface area contributed by atoms with Crippen LogP contribution in [-0.4, -0.2) is 66.9 Å². The van der Waals surface area contributed by atoms with Gasteiger partial charge in [-0.25, -0.2) is 0 Å². The highest BCUT2D eigenvalue weighted by molar-refractivity contribution is 5.27. The Kier molecular flexibility index (Phi) is 7.16. The molecule has 0 bridgehead atoms. The fourth-order valence-electron chi connectivity index (χ4n) is 2.87. The van der Waals surface area contributed by atoms with Gasteiger partial charge in [0.2, 0.25) is 0 Å². The molecule has 0 unspecified atom stereocenters. The molecule has 0 radical (unpaired) electrons. The molecule has 2 rings (SSSR count). The van der Waals surface area contributed by atoms with Crippen LogP contribution in [0.2, 0.25) is 0 Å². The molecule has 1 aromatic rings. The molecule has 4 nitrogen and oxygen atoms in total. The van der Waals surface area contributed by atoms with E-state index in [-0.39, 0.29) is 0 Å². The van der Waals surface area contributed by atoms with Crippen molar-refractivity contribution in [1.29, 1.82) is 0 Å². The molecule has 1 aliphatic heterocycles. The van der Waals surface area contributed by atoms with Gasteiger partial charge in [0.15, 0.2) is 0 Å². The number of aryl methyl sites for hydroxylation is 1. The van der Waals surface area contributed by atoms with Crippen molar-refractivity contribution in [3.8, 4) is 5.75 Å². The lowest BCUT2D eigenvalue weighted by Gasteiger charge is -2.34. The van der Waals surface area contributed by atoms with E-state index in [2.05, 4.69) is 35.8 Å². The van der Waals surface area contributed by atoms with Gasteiger partial charge in [-0.05, 0) is 30.7 Å². The standard InChI is InChI=1S/C18H30N2O2/c1-3-5-16-6-8-18(9-7-16)22-15-17(21)14-20-12-10-19(4-2)11-13-20/h6-9,17,21H,3-5,10-15H2,1-2H3/t17-/m1/s1. The van der Waals surface area contributed by atoms with Crippen LogP contribution in [0.25, 0.3) is 0 Å². The minimum Gasteiger partial charge on any atom is -0.491 e. The number of ether oxygens (including phenoxy) is 1. The van der Waals surface area contributed by atoms with Crippen molar-refractivity contribution in [2.24, 2.45) is 0 Å². The summed E-state index contributed by atoms with van der Waals surface area (Å²) in [5.74, 6) is 0.842. The van der Waals surface area contributed by atoms with Gasteiger partial charge in [0.25, 0.3) is 0 Å². The third kappa shape index (κ3) is 5.59. The molecule has 1 aromatic carbocycles. The second-order valence-corrected chi connectivity index (χ2v) is 6.09. The van der Waals surface area contributed by atoms with Crippen molar-refractivity contribution in [1.82, 2.24) is 9.80 Å². The summed E-state index contributed by atoms with van der Waals surface area (Å²) >= 11 is 0. The number of benzene rings is 1. The molecule has 0 aliphatic carbocycles. The van der Waals surface area contributed by atoms with E-state index in [4.69, 9.17) is 4.74 Å². The zero-order valence-electron chi connectivity index (χ0n) is 14.0. The lowest BCUT2D eigenvalue weighted by atomic mass is 10.1. The Morgan fingerprint density at radius 1 is 1.05 bits per heavy atom. The number of rotatable bonds is 8. The van der Waals surface area contributed by atoms with Gasteiger partial charge in [0.1, 0.15) is 18.5 Å². The lowest BCUT2D eigenvalue weighted by Crippen LogP contribution is -2.49. The Morgan fingerprint density at radius 2 is 1.68 bits per heavy atom. The van der Waals surface area contributed by atoms with Crippen molar-refractivity contribution in [3.63, 3.8) is 0 Å². The lowest BCUT2D eigenvalue weighted by molar-refractivity contribution is 0.0471. The first-order valence-corrected chi connectivity index (χ1v) is 8.55. The summed E-state index contributed by atoms with van der Waals surface area (Å²) in [4.78, 5) is 4.77. The highest BCUT2D eigenvalue weighted by Crippen LogP contribution is 2.14. The van der Waals surface area contributed by atoms with Gasteiger partial charge in [-0.15, -0.1) is 0 Å². The number of piperazine rings is 1. The third-order valence-corrected chi connectivity index (χ3v) is 4.29. The summed E-state index contributed by atoms with van der Waals surface area (Å²) in [5.41, 5.74) is 1.34. The van der Waals surface area contributed by atoms with Gasteiger partial charge in [-0.3, -0.25) is 4.90 Å². The molecule has 1 saturated heterocycles. The van der Waals surface area contributed by atoms with Crippen LogP contribution >= 0.6 is 0 Å². The number of nitrogens with zero attached hydrogens (tertiary/aromatic N) is 2. The molecule has 1 heterocycles. The number of likely N-dealkylation sites (N-methyl/N-ethyl adjacent to an activating group) is 1. The molecular weight excluding hydrogens is 276 g/mol. The van der Waals surface area contributed by atoms with Crippen molar-refractivity contribution in [2.45, 2.75) is 32.8 Å². The molecule has 0 saturated carbocycles. The van der Waals surface area contributed by atoms with Gasteiger partial charge in [0.05, 0.1) is 0 Å². The van der Waals surface area contributed by atoms with E-state index in [1.54, 1.807) is 0 Å². The maximum absolute atomic E-state index is 10.1. The van der Waals surface area contributed by atoms with Crippen molar-refractivity contribution in [2.75, 3.05) is 45.9 Å². The van der Waals surface area contributed by atoms with Crippen molar-refractivity contribution < 1.29 is 9.84 Å². The maximum atomic E-state index is 10.1. The van der Waals surface area contributed by atoms with Gasteiger partial charge in [-0.2, -0.15) is 0 Å². The van der Waals surface area contributed by atoms with Crippen molar-refractivity contribution in [3.05, 3.63) is 29.8 Å². The number of β-amino-alcohol motifs (C(OH)–C–C–N with tert-alkyl or cyclic N) is 1. The summed E-state index contributed by atoms with van der Waals surface area (Å²) in [6.07, 6.45) is 1.83. The number of aliphatic hydroxyl groups excluding tert-OH is 1. The average molecular weight is 306 g/mol. The monoisotopic (exact) mass is 306 g/mol. The zero-order chi connectivity index (χ0) is 15.8. The van der Waals surface area contributed by atoms with E-state index in [0.717, 1.165) is 51.3 Å². The van der Waals surface area contributed by atoms with Crippen molar-refractivity contribution >= 4 is 0 Å². The zero-order valence-corrected chi connectivity index (χ0v) is 14.0. The number of aliphatic hydroxyl groups is 1. The van der Waals surface area contributed by atoms with Crippen LogP contribution in [0.3, 0.4) is 0 Å². The molecular formula is C18H30N2O2. The maximum Gasteiger partial charge on any atom is 0.119 e. The Bertz CT molecular complexity index is 414. The Morgan fingerprint density at radius 3 is 2.27 bits per heavy atom. The second-order valence-electron chi connectivity index (χ2n) is 6.09. The molecule has 22 heavy (non-hydrogen) atoms. The highest BCUT2D eigenvalue weighted by atomic mass is 16.5. The summed E-state index contributed by atoms with van der Waals surface area (Å²) in [7, 11) is 0. The molecule has 0 amide bonds. The minimum absolute atomic E-state index is 0.362. The Hall–Kier alpha value is -1.10. The largest absolute Gasteiger partial charge is 0.491 e. The van der Waals surface area contributed by atoms with Crippen LogP contribution in [0.1, 0.15) is 25.8 Å². The Labute approximate surface area is 134 Å². The van der Waals surface area contributed by atoms with Gasteiger partial charge >= 0.3 is 0 Å². The summed E-state index contributed by atoms with van der Waals surface area (Å²) in [6.45, 7) is 10.8. The fraction of sp³-hybridized carbons (Fsp3) is 0.667. The minimum atomic E-state index is -0.427. The Balaban J connectivity index is 1.68. The SMILES string of the molecule is CCCc1ccc(OC[C@H](O)CN2CCN(CC)CC2)cc1. The molecule has 1 fully saturated rings. The van der Waals surface area contributed by atoms with E-state index in [0.29, 0.717) is 13.2 Å². The first-order chi connectivity index (χ1) is 10.7. The smallest absolute Gasteiger partial charge is 0.119 e. The predicted octanol–water partition coefficient (Wildman–Crippen LogP) is 2.02. The molecule has 124 valence electrons. The van der Waals surface area contributed by atoms with Crippen LogP contribution in [0.5, 0.6) is 5.75 Å². The predicted molar refractivity (Wildman–Crippen MR) is 90.5 cm³/mol. The number of hydrogen-bond donors (Lipinski definition) is 1. The molecule has 0 aromatic heterocycles. The number of hydrogen-bond acceptors (Lipinski definition) is 4. The second kappa shape index (κ2) is 9.13. The summed E-state index contributed by atoms with van der Waals surface area (Å²) in [6, 6.07) is 8.21. The normalized spacial score (nSPS) is 18.3. The average Bonchev–Trinajstić information content (AvgIpc) is 2.55. The summed E-state index contributed by atoms with van der Waals surface area (Å²) in [5, 5.41) is 10.1. The molecule has 0 spiro atoms. The van der Waals surface area contributed by atoms with Gasteiger partial charge < -0.3 is 14.7 Å². The van der Waals surface area contributed by atoms with Crippen LogP contribution in [0.15, 0.2) is 24.3 Å². The molecule has 4 heteroatoms. The first kappa shape index (κ1) is 17.3. The van der Waals surface area contributed by atoms with E-state index in [1.807, 2.05) is 12.1 Å². The van der Waals surface area contributed by atoms with Gasteiger partial charge in [0, 0.05) is 32.7 Å². The van der Waals surface area contributed by atoms with Crippen LogP contribution in [0, 0.1) is 0 Å². The third-order valence-electron chi connectivity index (χ3n) is 4.29. The summed E-state index contributed by atoms with van der Waals surface area (Å²) < 4.78 is 5.70. The highest BCUT2D eigenvalue weighted by Gasteiger charge is 2.18. The fourth-order valence-corrected chi connectivity index (χ4v) is 2.87. The molecule has 1 aliphatic rings. The van der Waals surface area contributed by atoms with E-state index < -0.39 is 6.10 Å². The topological polar surface area (TPSA) is 35.9 Å². The van der Waals surface area contributed by atoms with Gasteiger partial charge in [-0.1, -0.05) is 32.4 Å². The van der Waals surface area contributed by atoms with Crippen LogP contribution < -0.4 is 4.74 Å². The molecule has 1 atom stereocenters. The first-order valence-electron chi connectivity index (χ1n) is 8.55. The van der Waals surface area contributed by atoms with E-state index >= 15 is 0 Å². The van der Waals surface area contributed by atoms with E-state index in [9.17, 15) is 5.11 Å². The van der Waals surface area contributed by atoms with Crippen LogP contribution in [0.4, 0.5) is 0 Å².